The van der Waals surface area contributed by atoms with Gasteiger partial charge < -0.3 is 19.9 Å². The molecular weight excluding hydrogens is 392 g/mol. The van der Waals surface area contributed by atoms with E-state index in [2.05, 4.69) is 10.2 Å². The standard InChI is InChI=1S/C24H32N4O3/c1-3-27(24(30)19-26(2)17-20-7-5-4-6-8-20)18-23(29)25-21-9-11-22(12-10-21)28-13-15-31-16-14-28/h4-12H,3,13-19H2,1-2H3,(H,25,29). The van der Waals surface area contributed by atoms with E-state index in [1.165, 1.54) is 0 Å². The third-order valence-electron chi connectivity index (χ3n) is 5.30. The number of likely N-dealkylation sites (N-methyl/N-ethyl adjacent to an activating group) is 2. The number of carbonyl (C=O) groups excluding carboxylic acids is 2. The molecular formula is C24H32N4O3. The summed E-state index contributed by atoms with van der Waals surface area (Å²) in [4.78, 5) is 31.0. The van der Waals surface area contributed by atoms with Gasteiger partial charge in [-0.05, 0) is 43.8 Å². The summed E-state index contributed by atoms with van der Waals surface area (Å²) >= 11 is 0. The zero-order valence-electron chi connectivity index (χ0n) is 18.4. The summed E-state index contributed by atoms with van der Waals surface area (Å²) in [6.45, 7) is 6.59. The number of nitrogens with zero attached hydrogens (tertiary/aromatic N) is 3. The van der Waals surface area contributed by atoms with Gasteiger partial charge in [0.15, 0.2) is 0 Å². The molecule has 2 amide bonds. The summed E-state index contributed by atoms with van der Waals surface area (Å²) in [5.41, 5.74) is 3.00. The van der Waals surface area contributed by atoms with Crippen LogP contribution in [-0.2, 0) is 20.9 Å². The second kappa shape index (κ2) is 11.5. The SMILES string of the molecule is CCN(CC(=O)Nc1ccc(N2CCOCC2)cc1)C(=O)CN(C)Cc1ccccc1. The van der Waals surface area contributed by atoms with E-state index in [9.17, 15) is 9.59 Å². The fourth-order valence-electron chi connectivity index (χ4n) is 3.61. The van der Waals surface area contributed by atoms with Crippen molar-refractivity contribution in [2.24, 2.45) is 0 Å². The molecule has 0 aromatic heterocycles. The van der Waals surface area contributed by atoms with Crippen molar-refractivity contribution in [1.82, 2.24) is 9.80 Å². The summed E-state index contributed by atoms with van der Waals surface area (Å²) in [5, 5.41) is 2.90. The summed E-state index contributed by atoms with van der Waals surface area (Å²) in [7, 11) is 1.91. The van der Waals surface area contributed by atoms with Crippen molar-refractivity contribution in [1.29, 1.82) is 0 Å². The van der Waals surface area contributed by atoms with E-state index in [1.54, 1.807) is 4.90 Å². The maximum atomic E-state index is 12.7. The van der Waals surface area contributed by atoms with E-state index in [0.29, 0.717) is 13.1 Å². The molecule has 7 heteroatoms. The largest absolute Gasteiger partial charge is 0.378 e. The van der Waals surface area contributed by atoms with Gasteiger partial charge >= 0.3 is 0 Å². The molecule has 1 aliphatic rings. The predicted octanol–water partition coefficient (Wildman–Crippen LogP) is 2.44. The molecule has 1 N–H and O–H groups in total. The van der Waals surface area contributed by atoms with Crippen LogP contribution in [-0.4, -0.2) is 74.6 Å². The first kappa shape index (κ1) is 22.8. The molecule has 1 aliphatic heterocycles. The number of benzene rings is 2. The van der Waals surface area contributed by atoms with Crippen LogP contribution >= 0.6 is 0 Å². The monoisotopic (exact) mass is 424 g/mol. The second-order valence-electron chi connectivity index (χ2n) is 7.76. The Morgan fingerprint density at radius 3 is 2.32 bits per heavy atom. The lowest BCUT2D eigenvalue weighted by Gasteiger charge is -2.29. The number of anilines is 2. The molecule has 0 bridgehead atoms. The number of carbonyl (C=O) groups is 2. The quantitative estimate of drug-likeness (QED) is 0.670. The van der Waals surface area contributed by atoms with Crippen LogP contribution in [0.4, 0.5) is 11.4 Å². The van der Waals surface area contributed by atoms with Crippen molar-refractivity contribution < 1.29 is 14.3 Å². The maximum absolute atomic E-state index is 12.7. The van der Waals surface area contributed by atoms with Crippen LogP contribution in [0.2, 0.25) is 0 Å². The zero-order valence-corrected chi connectivity index (χ0v) is 18.4. The number of nitrogens with one attached hydrogen (secondary N) is 1. The number of morpholine rings is 1. The van der Waals surface area contributed by atoms with Crippen molar-refractivity contribution >= 4 is 23.2 Å². The molecule has 1 heterocycles. The topological polar surface area (TPSA) is 65.1 Å². The normalized spacial score (nSPS) is 13.8. The Labute approximate surface area is 184 Å². The molecule has 0 radical (unpaired) electrons. The predicted molar refractivity (Wildman–Crippen MR) is 123 cm³/mol. The maximum Gasteiger partial charge on any atom is 0.243 e. The summed E-state index contributed by atoms with van der Waals surface area (Å²) in [6.07, 6.45) is 0. The van der Waals surface area contributed by atoms with Gasteiger partial charge in [0.05, 0.1) is 26.3 Å². The van der Waals surface area contributed by atoms with Gasteiger partial charge in [-0.3, -0.25) is 14.5 Å². The van der Waals surface area contributed by atoms with Crippen molar-refractivity contribution in [3.63, 3.8) is 0 Å². The molecule has 2 aromatic rings. The van der Waals surface area contributed by atoms with Crippen LogP contribution in [0.5, 0.6) is 0 Å². The summed E-state index contributed by atoms with van der Waals surface area (Å²) < 4.78 is 5.38. The lowest BCUT2D eigenvalue weighted by atomic mass is 10.2. The smallest absolute Gasteiger partial charge is 0.243 e. The van der Waals surface area contributed by atoms with Gasteiger partial charge in [0.1, 0.15) is 0 Å². The van der Waals surface area contributed by atoms with Crippen LogP contribution in [0.15, 0.2) is 54.6 Å². The zero-order chi connectivity index (χ0) is 22.1. The molecule has 2 aromatic carbocycles. The van der Waals surface area contributed by atoms with Crippen LogP contribution in [0.3, 0.4) is 0 Å². The first-order valence-corrected chi connectivity index (χ1v) is 10.8. The van der Waals surface area contributed by atoms with Crippen LogP contribution in [0.1, 0.15) is 12.5 Å². The average Bonchev–Trinajstić information content (AvgIpc) is 2.79. The van der Waals surface area contributed by atoms with Crippen LogP contribution < -0.4 is 10.2 Å². The molecule has 0 atom stereocenters. The number of hydrogen-bond donors (Lipinski definition) is 1. The third-order valence-corrected chi connectivity index (χ3v) is 5.30. The Hall–Kier alpha value is -2.90. The molecule has 1 saturated heterocycles. The Bertz CT molecular complexity index is 836. The molecule has 7 nitrogen and oxygen atoms in total. The second-order valence-corrected chi connectivity index (χ2v) is 7.76. The van der Waals surface area contributed by atoms with E-state index in [1.807, 2.05) is 73.5 Å². The average molecular weight is 425 g/mol. The molecule has 166 valence electrons. The van der Waals surface area contributed by atoms with Gasteiger partial charge in [-0.25, -0.2) is 0 Å². The Kier molecular flexibility index (Phi) is 8.44. The lowest BCUT2D eigenvalue weighted by Crippen LogP contribution is -2.42. The van der Waals surface area contributed by atoms with E-state index in [4.69, 9.17) is 4.74 Å². The highest BCUT2D eigenvalue weighted by atomic mass is 16.5. The summed E-state index contributed by atoms with van der Waals surface area (Å²) in [6, 6.07) is 17.8. The fraction of sp³-hybridized carbons (Fsp3) is 0.417. The minimum atomic E-state index is -0.194. The molecule has 0 unspecified atom stereocenters. The number of amides is 2. The highest BCUT2D eigenvalue weighted by molar-refractivity contribution is 5.94. The molecule has 1 fully saturated rings. The van der Waals surface area contributed by atoms with E-state index in [0.717, 1.165) is 43.2 Å². The van der Waals surface area contributed by atoms with Gasteiger partial charge in [-0.2, -0.15) is 0 Å². The van der Waals surface area contributed by atoms with E-state index in [-0.39, 0.29) is 24.9 Å². The third kappa shape index (κ3) is 7.08. The van der Waals surface area contributed by atoms with Crippen molar-refractivity contribution in [3.05, 3.63) is 60.2 Å². The molecule has 0 saturated carbocycles. The molecule has 0 spiro atoms. The van der Waals surface area contributed by atoms with Gasteiger partial charge in [0.25, 0.3) is 0 Å². The van der Waals surface area contributed by atoms with E-state index >= 15 is 0 Å². The number of rotatable bonds is 9. The highest BCUT2D eigenvalue weighted by Gasteiger charge is 2.18. The number of ether oxygens (including phenoxy) is 1. The Balaban J connectivity index is 1.47. The van der Waals surface area contributed by atoms with Gasteiger partial charge in [0.2, 0.25) is 11.8 Å². The lowest BCUT2D eigenvalue weighted by molar-refractivity contribution is -0.135. The number of hydrogen-bond acceptors (Lipinski definition) is 5. The molecule has 31 heavy (non-hydrogen) atoms. The van der Waals surface area contributed by atoms with Crippen LogP contribution in [0, 0.1) is 0 Å². The minimum Gasteiger partial charge on any atom is -0.378 e. The van der Waals surface area contributed by atoms with E-state index < -0.39 is 0 Å². The van der Waals surface area contributed by atoms with Crippen molar-refractivity contribution in [2.45, 2.75) is 13.5 Å². The Morgan fingerprint density at radius 2 is 1.68 bits per heavy atom. The first-order valence-electron chi connectivity index (χ1n) is 10.8. The van der Waals surface area contributed by atoms with Crippen molar-refractivity contribution in [2.75, 3.05) is 63.2 Å². The van der Waals surface area contributed by atoms with Gasteiger partial charge in [0, 0.05) is 37.6 Å². The molecule has 3 rings (SSSR count). The van der Waals surface area contributed by atoms with Crippen molar-refractivity contribution in [3.8, 4) is 0 Å². The first-order chi connectivity index (χ1) is 15.0. The van der Waals surface area contributed by atoms with Gasteiger partial charge in [-0.1, -0.05) is 30.3 Å². The van der Waals surface area contributed by atoms with Gasteiger partial charge in [-0.15, -0.1) is 0 Å². The Morgan fingerprint density at radius 1 is 1.00 bits per heavy atom. The fourth-order valence-corrected chi connectivity index (χ4v) is 3.61. The summed E-state index contributed by atoms with van der Waals surface area (Å²) in [5.74, 6) is -0.251. The highest BCUT2D eigenvalue weighted by Crippen LogP contribution is 2.19. The van der Waals surface area contributed by atoms with Crippen LogP contribution in [0.25, 0.3) is 0 Å². The molecule has 0 aliphatic carbocycles. The minimum absolute atomic E-state index is 0.0414.